The summed E-state index contributed by atoms with van der Waals surface area (Å²) in [7, 11) is 0. The summed E-state index contributed by atoms with van der Waals surface area (Å²) in [6, 6.07) is 8.16. The van der Waals surface area contributed by atoms with E-state index in [4.69, 9.17) is 15.5 Å². The largest absolute Gasteiger partial charge is 0.444 e. The van der Waals surface area contributed by atoms with Gasteiger partial charge in [0.15, 0.2) is 0 Å². The lowest BCUT2D eigenvalue weighted by molar-refractivity contribution is 0.0237. The Morgan fingerprint density at radius 1 is 1.23 bits per heavy atom. The molecule has 0 radical (unpaired) electrons. The Hall–Kier alpha value is -2.12. The van der Waals surface area contributed by atoms with Crippen molar-refractivity contribution in [1.82, 2.24) is 9.88 Å². The third kappa shape index (κ3) is 4.62. The van der Waals surface area contributed by atoms with Gasteiger partial charge >= 0.3 is 6.09 Å². The molecule has 1 aliphatic heterocycles. The first-order chi connectivity index (χ1) is 14.2. The van der Waals surface area contributed by atoms with Crippen LogP contribution in [0.5, 0.6) is 0 Å². The molecule has 1 atom stereocenters. The summed E-state index contributed by atoms with van der Waals surface area (Å²) in [4.78, 5) is 20.4. The van der Waals surface area contributed by atoms with Gasteiger partial charge in [-0.1, -0.05) is 32.9 Å². The molecule has 1 aliphatic rings. The number of nitrogens with two attached hydrogens (primary N) is 1. The van der Waals surface area contributed by atoms with Crippen molar-refractivity contribution in [2.45, 2.75) is 66.0 Å². The summed E-state index contributed by atoms with van der Waals surface area (Å²) in [5.74, 6) is 0.304. The molecule has 0 aliphatic carbocycles. The van der Waals surface area contributed by atoms with Gasteiger partial charge in [-0.3, -0.25) is 0 Å². The number of ether oxygens (including phenoxy) is 1. The van der Waals surface area contributed by atoms with E-state index in [1.807, 2.05) is 52.8 Å². The van der Waals surface area contributed by atoms with Crippen LogP contribution in [0.15, 0.2) is 24.3 Å². The molecule has 0 bridgehead atoms. The van der Waals surface area contributed by atoms with Gasteiger partial charge in [-0.2, -0.15) is 0 Å². The van der Waals surface area contributed by atoms with Crippen LogP contribution in [-0.4, -0.2) is 28.1 Å². The quantitative estimate of drug-likeness (QED) is 0.443. The van der Waals surface area contributed by atoms with E-state index < -0.39 is 5.60 Å². The van der Waals surface area contributed by atoms with Gasteiger partial charge in [-0.05, 0) is 50.8 Å². The minimum absolute atomic E-state index is 0.263. The van der Waals surface area contributed by atoms with Crippen molar-refractivity contribution < 1.29 is 9.53 Å². The zero-order valence-corrected chi connectivity index (χ0v) is 20.2. The van der Waals surface area contributed by atoms with Crippen molar-refractivity contribution in [3.63, 3.8) is 0 Å². The first-order valence-corrected chi connectivity index (χ1v) is 12.1. The van der Waals surface area contributed by atoms with Crippen LogP contribution in [0.25, 0.3) is 20.8 Å². The number of benzene rings is 1. The van der Waals surface area contributed by atoms with Crippen LogP contribution in [0.3, 0.4) is 0 Å². The molecule has 162 valence electrons. The van der Waals surface area contributed by atoms with Gasteiger partial charge < -0.3 is 15.4 Å². The molecule has 2 aromatic heterocycles. The summed E-state index contributed by atoms with van der Waals surface area (Å²) < 4.78 is 6.76. The lowest BCUT2D eigenvalue weighted by atomic mass is 9.95. The van der Waals surface area contributed by atoms with Crippen LogP contribution in [-0.2, 0) is 11.3 Å². The molecule has 0 spiro atoms. The number of hydrogen-bond donors (Lipinski definition) is 1. The Balaban J connectivity index is 0.00000124. The average Bonchev–Trinajstić information content (AvgIpc) is 3.20. The number of hydrogen-bond acceptors (Lipinski definition) is 6. The summed E-state index contributed by atoms with van der Waals surface area (Å²) in [5.41, 5.74) is 9.26. The monoisotopic (exact) mass is 445 g/mol. The first kappa shape index (κ1) is 22.6. The molecule has 4 rings (SSSR count). The molecule has 3 heterocycles. The Labute approximate surface area is 186 Å². The fourth-order valence-corrected chi connectivity index (χ4v) is 5.89. The Morgan fingerprint density at radius 2 is 1.93 bits per heavy atom. The number of carbonyl (C=O) groups excluding carboxylic acids is 1. The van der Waals surface area contributed by atoms with Gasteiger partial charge in [0.25, 0.3) is 0 Å². The molecule has 1 unspecified atom stereocenters. The van der Waals surface area contributed by atoms with Crippen molar-refractivity contribution in [3.8, 4) is 10.6 Å². The second kappa shape index (κ2) is 8.94. The van der Waals surface area contributed by atoms with E-state index in [-0.39, 0.29) is 6.09 Å². The molecule has 30 heavy (non-hydrogen) atoms. The molecule has 3 aromatic rings. The van der Waals surface area contributed by atoms with Gasteiger partial charge in [0, 0.05) is 17.0 Å². The average molecular weight is 446 g/mol. The Kier molecular flexibility index (Phi) is 6.72. The molecule has 0 fully saturated rings. The van der Waals surface area contributed by atoms with E-state index in [1.54, 1.807) is 27.6 Å². The predicted molar refractivity (Wildman–Crippen MR) is 128 cm³/mol. The van der Waals surface area contributed by atoms with Crippen LogP contribution in [0, 0.1) is 0 Å². The second-order valence-electron chi connectivity index (χ2n) is 8.26. The number of fused-ring (bicyclic) bond motifs is 2. The first-order valence-electron chi connectivity index (χ1n) is 10.5. The maximum atomic E-state index is 12.6. The van der Waals surface area contributed by atoms with E-state index in [0.717, 1.165) is 37.1 Å². The number of carbonyl (C=O) groups is 1. The highest BCUT2D eigenvalue weighted by Gasteiger charge is 2.31. The van der Waals surface area contributed by atoms with E-state index in [2.05, 4.69) is 13.0 Å². The SMILES string of the molecule is CC.CC1CCN(C(=O)OC(C)(C)C)Cc2sc(N)c(-c3nc4ccccc4s3)c21. The van der Waals surface area contributed by atoms with Crippen molar-refractivity contribution in [3.05, 3.63) is 34.7 Å². The summed E-state index contributed by atoms with van der Waals surface area (Å²) in [6.45, 7) is 13.1. The van der Waals surface area contributed by atoms with Crippen molar-refractivity contribution in [2.24, 2.45) is 0 Å². The molecule has 1 aromatic carbocycles. The highest BCUT2D eigenvalue weighted by atomic mass is 32.1. The lowest BCUT2D eigenvalue weighted by Gasteiger charge is -2.26. The summed E-state index contributed by atoms with van der Waals surface area (Å²) in [5, 5.41) is 1.75. The second-order valence-corrected chi connectivity index (χ2v) is 10.4. The van der Waals surface area contributed by atoms with Gasteiger partial charge in [0.05, 0.1) is 21.8 Å². The summed E-state index contributed by atoms with van der Waals surface area (Å²) in [6.07, 6.45) is 0.612. The number of nitrogen functional groups attached to an aromatic ring is 1. The standard InChI is InChI=1S/C21H25N3O2S2.C2H6/c1-12-9-10-24(20(25)26-21(2,3)4)11-15-16(12)17(18(22)27-15)19-23-13-7-5-6-8-14(13)28-19;1-2/h5-8,12H,9-11,22H2,1-4H3;1-2H3. The van der Waals surface area contributed by atoms with Crippen LogP contribution in [0.1, 0.15) is 64.3 Å². The molecule has 5 nitrogen and oxygen atoms in total. The van der Waals surface area contributed by atoms with Crippen LogP contribution < -0.4 is 5.73 Å². The molecule has 7 heteroatoms. The van der Waals surface area contributed by atoms with Crippen LogP contribution in [0.4, 0.5) is 9.80 Å². The number of aromatic nitrogens is 1. The number of anilines is 1. The highest BCUT2D eigenvalue weighted by Crippen LogP contribution is 2.47. The maximum absolute atomic E-state index is 12.6. The molecule has 0 saturated carbocycles. The molecule has 1 amide bonds. The summed E-state index contributed by atoms with van der Waals surface area (Å²) >= 11 is 3.25. The third-order valence-electron chi connectivity index (χ3n) is 4.87. The smallest absolute Gasteiger partial charge is 0.410 e. The molecular formula is C23H31N3O2S2. The van der Waals surface area contributed by atoms with Crippen LogP contribution in [0.2, 0.25) is 0 Å². The predicted octanol–water partition coefficient (Wildman–Crippen LogP) is 6.88. The van der Waals surface area contributed by atoms with E-state index in [1.165, 1.54) is 5.56 Å². The van der Waals surface area contributed by atoms with Crippen molar-refractivity contribution in [2.75, 3.05) is 12.3 Å². The van der Waals surface area contributed by atoms with Gasteiger partial charge in [-0.25, -0.2) is 9.78 Å². The van der Waals surface area contributed by atoms with Crippen LogP contribution >= 0.6 is 22.7 Å². The zero-order valence-electron chi connectivity index (χ0n) is 18.6. The third-order valence-corrected chi connectivity index (χ3v) is 6.94. The molecule has 0 saturated heterocycles. The Morgan fingerprint density at radius 3 is 2.60 bits per heavy atom. The van der Waals surface area contributed by atoms with E-state index >= 15 is 0 Å². The topological polar surface area (TPSA) is 68.5 Å². The number of thiophene rings is 1. The van der Waals surface area contributed by atoms with Crippen molar-refractivity contribution in [1.29, 1.82) is 0 Å². The van der Waals surface area contributed by atoms with Crippen molar-refractivity contribution >= 4 is 44.0 Å². The van der Waals surface area contributed by atoms with E-state index in [9.17, 15) is 4.79 Å². The highest BCUT2D eigenvalue weighted by molar-refractivity contribution is 7.22. The minimum atomic E-state index is -0.502. The van der Waals surface area contributed by atoms with Gasteiger partial charge in [0.1, 0.15) is 10.6 Å². The Bertz CT molecular complexity index is 1000. The lowest BCUT2D eigenvalue weighted by Crippen LogP contribution is -2.36. The number of thiazole rings is 1. The van der Waals surface area contributed by atoms with Gasteiger partial charge in [0.2, 0.25) is 0 Å². The maximum Gasteiger partial charge on any atom is 0.410 e. The van der Waals surface area contributed by atoms with E-state index in [0.29, 0.717) is 19.0 Å². The number of amides is 1. The fourth-order valence-electron chi connectivity index (χ4n) is 3.58. The fraction of sp³-hybridized carbons (Fsp3) is 0.478. The molecular weight excluding hydrogens is 414 g/mol. The number of rotatable bonds is 1. The number of nitrogens with zero attached hydrogens (tertiary/aromatic N) is 2. The number of para-hydroxylation sites is 1. The minimum Gasteiger partial charge on any atom is -0.444 e. The normalized spacial score (nSPS) is 16.5. The zero-order chi connectivity index (χ0) is 22.1. The van der Waals surface area contributed by atoms with Gasteiger partial charge in [-0.15, -0.1) is 22.7 Å². The molecule has 2 N–H and O–H groups in total.